The van der Waals surface area contributed by atoms with Crippen molar-refractivity contribution in [2.45, 2.75) is 0 Å². The molecule has 1 amide bonds. The van der Waals surface area contributed by atoms with E-state index in [1.807, 2.05) is 11.4 Å². The van der Waals surface area contributed by atoms with E-state index < -0.39 is 0 Å². The van der Waals surface area contributed by atoms with Gasteiger partial charge in [-0.05, 0) is 36.4 Å². The van der Waals surface area contributed by atoms with Crippen LogP contribution in [0, 0.1) is 0 Å². The molecule has 1 aromatic heterocycles. The van der Waals surface area contributed by atoms with Crippen molar-refractivity contribution in [2.24, 2.45) is 0 Å². The standard InChI is InChI=1S/C17H12Cl2N2O2S/c1-23-12-5-2-10(3-6-12)16(22)21-17-20-15(9-24-17)11-4-7-13(18)14(19)8-11/h2-9H,1H3,(H,20,21,22). The van der Waals surface area contributed by atoms with Crippen LogP contribution in [0.2, 0.25) is 10.0 Å². The normalized spacial score (nSPS) is 10.5. The van der Waals surface area contributed by atoms with Crippen LogP contribution in [0.3, 0.4) is 0 Å². The number of aromatic nitrogens is 1. The SMILES string of the molecule is COc1ccc(C(=O)Nc2nc(-c3ccc(Cl)c(Cl)c3)cs2)cc1. The molecule has 0 radical (unpaired) electrons. The molecule has 0 unspecified atom stereocenters. The number of ether oxygens (including phenoxy) is 1. The summed E-state index contributed by atoms with van der Waals surface area (Å²) >= 11 is 13.3. The zero-order valence-corrected chi connectivity index (χ0v) is 14.9. The lowest BCUT2D eigenvalue weighted by Gasteiger charge is -2.03. The Balaban J connectivity index is 1.75. The van der Waals surface area contributed by atoms with Crippen molar-refractivity contribution in [3.05, 3.63) is 63.5 Å². The van der Waals surface area contributed by atoms with Gasteiger partial charge in [-0.15, -0.1) is 11.3 Å². The van der Waals surface area contributed by atoms with Crippen LogP contribution in [0.15, 0.2) is 47.8 Å². The highest BCUT2D eigenvalue weighted by Crippen LogP contribution is 2.30. The lowest BCUT2D eigenvalue weighted by Crippen LogP contribution is -2.11. The number of nitrogens with zero attached hydrogens (tertiary/aromatic N) is 1. The second-order valence-corrected chi connectivity index (χ2v) is 6.52. The van der Waals surface area contributed by atoms with Crippen LogP contribution in [0.5, 0.6) is 5.75 Å². The van der Waals surface area contributed by atoms with Gasteiger partial charge in [0.15, 0.2) is 5.13 Å². The first kappa shape index (κ1) is 16.8. The molecular weight excluding hydrogens is 367 g/mol. The summed E-state index contributed by atoms with van der Waals surface area (Å²) in [6.45, 7) is 0. The van der Waals surface area contributed by atoms with E-state index in [2.05, 4.69) is 10.3 Å². The molecule has 0 saturated carbocycles. The number of halogens is 2. The predicted octanol–water partition coefficient (Wildman–Crippen LogP) is 5.38. The zero-order valence-electron chi connectivity index (χ0n) is 12.5. The topological polar surface area (TPSA) is 51.2 Å². The van der Waals surface area contributed by atoms with E-state index in [-0.39, 0.29) is 5.91 Å². The minimum Gasteiger partial charge on any atom is -0.497 e. The molecule has 0 fully saturated rings. The van der Waals surface area contributed by atoms with Gasteiger partial charge < -0.3 is 4.74 Å². The third-order valence-electron chi connectivity index (χ3n) is 3.29. The average Bonchev–Trinajstić information content (AvgIpc) is 3.06. The van der Waals surface area contributed by atoms with Gasteiger partial charge in [0.05, 0.1) is 22.8 Å². The number of methoxy groups -OCH3 is 1. The minimum atomic E-state index is -0.229. The molecule has 0 aliphatic rings. The van der Waals surface area contributed by atoms with E-state index in [1.54, 1.807) is 43.5 Å². The Hall–Kier alpha value is -2.08. The fraction of sp³-hybridized carbons (Fsp3) is 0.0588. The molecule has 122 valence electrons. The van der Waals surface area contributed by atoms with Gasteiger partial charge in [-0.25, -0.2) is 4.98 Å². The van der Waals surface area contributed by atoms with Gasteiger partial charge >= 0.3 is 0 Å². The summed E-state index contributed by atoms with van der Waals surface area (Å²) in [5, 5.41) is 6.10. The summed E-state index contributed by atoms with van der Waals surface area (Å²) < 4.78 is 5.08. The van der Waals surface area contributed by atoms with Gasteiger partial charge in [-0.3, -0.25) is 10.1 Å². The number of hydrogen-bond acceptors (Lipinski definition) is 4. The monoisotopic (exact) mass is 378 g/mol. The van der Waals surface area contributed by atoms with E-state index in [1.165, 1.54) is 11.3 Å². The van der Waals surface area contributed by atoms with Crippen LogP contribution < -0.4 is 10.1 Å². The van der Waals surface area contributed by atoms with Crippen molar-refractivity contribution in [1.29, 1.82) is 0 Å². The lowest BCUT2D eigenvalue weighted by molar-refractivity contribution is 0.102. The summed E-state index contributed by atoms with van der Waals surface area (Å²) in [5.74, 6) is 0.468. The Bertz CT molecular complexity index is 879. The Morgan fingerprint density at radius 1 is 1.12 bits per heavy atom. The average molecular weight is 379 g/mol. The number of nitrogens with one attached hydrogen (secondary N) is 1. The fourth-order valence-corrected chi connectivity index (χ4v) is 3.04. The van der Waals surface area contributed by atoms with Gasteiger partial charge in [0.1, 0.15) is 5.75 Å². The second kappa shape index (κ2) is 7.21. The van der Waals surface area contributed by atoms with Gasteiger partial charge in [-0.1, -0.05) is 29.3 Å². The summed E-state index contributed by atoms with van der Waals surface area (Å²) in [5.41, 5.74) is 2.09. The smallest absolute Gasteiger partial charge is 0.257 e. The van der Waals surface area contributed by atoms with Crippen LogP contribution >= 0.6 is 34.5 Å². The molecule has 2 aromatic carbocycles. The summed E-state index contributed by atoms with van der Waals surface area (Å²) in [6, 6.07) is 12.2. The second-order valence-electron chi connectivity index (χ2n) is 4.85. The van der Waals surface area contributed by atoms with E-state index >= 15 is 0 Å². The number of carbonyl (C=O) groups is 1. The number of rotatable bonds is 4. The zero-order chi connectivity index (χ0) is 17.1. The number of carbonyl (C=O) groups excluding carboxylic acids is 1. The first-order chi connectivity index (χ1) is 11.6. The van der Waals surface area contributed by atoms with Crippen LogP contribution in [-0.4, -0.2) is 18.0 Å². The Labute approximate surface area is 153 Å². The third-order valence-corrected chi connectivity index (χ3v) is 4.79. The minimum absolute atomic E-state index is 0.229. The van der Waals surface area contributed by atoms with Gasteiger partial charge in [0.25, 0.3) is 5.91 Å². The van der Waals surface area contributed by atoms with Crippen molar-refractivity contribution < 1.29 is 9.53 Å². The van der Waals surface area contributed by atoms with Crippen LogP contribution in [0.4, 0.5) is 5.13 Å². The molecule has 1 N–H and O–H groups in total. The molecule has 7 heteroatoms. The largest absolute Gasteiger partial charge is 0.497 e. The van der Waals surface area contributed by atoms with Gasteiger partial charge in [0, 0.05) is 16.5 Å². The molecule has 0 aliphatic heterocycles. The van der Waals surface area contributed by atoms with Gasteiger partial charge in [0.2, 0.25) is 0 Å². The molecule has 3 rings (SSSR count). The number of hydrogen-bond donors (Lipinski definition) is 1. The van der Waals surface area contributed by atoms with E-state index in [0.29, 0.717) is 26.5 Å². The first-order valence-corrected chi connectivity index (χ1v) is 8.57. The maximum atomic E-state index is 12.2. The Morgan fingerprint density at radius 3 is 2.54 bits per heavy atom. The van der Waals surface area contributed by atoms with Crippen molar-refractivity contribution in [3.63, 3.8) is 0 Å². The van der Waals surface area contributed by atoms with Crippen molar-refractivity contribution in [1.82, 2.24) is 4.98 Å². The Morgan fingerprint density at radius 2 is 1.88 bits per heavy atom. The summed E-state index contributed by atoms with van der Waals surface area (Å²) in [7, 11) is 1.58. The first-order valence-electron chi connectivity index (χ1n) is 6.93. The summed E-state index contributed by atoms with van der Waals surface area (Å²) in [4.78, 5) is 16.6. The maximum absolute atomic E-state index is 12.2. The quantitative estimate of drug-likeness (QED) is 0.662. The molecule has 24 heavy (non-hydrogen) atoms. The molecule has 0 spiro atoms. The van der Waals surface area contributed by atoms with Crippen molar-refractivity contribution in [2.75, 3.05) is 12.4 Å². The molecule has 1 heterocycles. The molecule has 4 nitrogen and oxygen atoms in total. The Kier molecular flexibility index (Phi) is 5.04. The molecular formula is C17H12Cl2N2O2S. The number of anilines is 1. The highest BCUT2D eigenvalue weighted by atomic mass is 35.5. The van der Waals surface area contributed by atoms with Crippen molar-refractivity contribution >= 4 is 45.6 Å². The van der Waals surface area contributed by atoms with E-state index in [9.17, 15) is 4.79 Å². The number of amides is 1. The van der Waals surface area contributed by atoms with Crippen LogP contribution in [0.25, 0.3) is 11.3 Å². The van der Waals surface area contributed by atoms with Crippen LogP contribution in [0.1, 0.15) is 10.4 Å². The molecule has 0 atom stereocenters. The summed E-state index contributed by atoms with van der Waals surface area (Å²) in [6.07, 6.45) is 0. The lowest BCUT2D eigenvalue weighted by atomic mass is 10.2. The predicted molar refractivity (Wildman–Crippen MR) is 98.5 cm³/mol. The molecule has 0 aliphatic carbocycles. The van der Waals surface area contributed by atoms with Crippen molar-refractivity contribution in [3.8, 4) is 17.0 Å². The molecule has 0 bridgehead atoms. The number of thiazole rings is 1. The number of benzene rings is 2. The highest BCUT2D eigenvalue weighted by Gasteiger charge is 2.11. The third kappa shape index (κ3) is 3.70. The van der Waals surface area contributed by atoms with Crippen LogP contribution in [-0.2, 0) is 0 Å². The highest BCUT2D eigenvalue weighted by molar-refractivity contribution is 7.14. The molecule has 3 aromatic rings. The van der Waals surface area contributed by atoms with Gasteiger partial charge in [-0.2, -0.15) is 0 Å². The molecule has 0 saturated heterocycles. The fourth-order valence-electron chi connectivity index (χ4n) is 2.03. The van der Waals surface area contributed by atoms with E-state index in [4.69, 9.17) is 27.9 Å². The maximum Gasteiger partial charge on any atom is 0.257 e. The van der Waals surface area contributed by atoms with E-state index in [0.717, 1.165) is 11.3 Å².